The summed E-state index contributed by atoms with van der Waals surface area (Å²) in [4.78, 5) is 22.6. The van der Waals surface area contributed by atoms with Gasteiger partial charge >= 0.3 is 12.1 Å². The summed E-state index contributed by atoms with van der Waals surface area (Å²) < 4.78 is 38.4. The molecule has 0 bridgehead atoms. The van der Waals surface area contributed by atoms with E-state index in [9.17, 15) is 22.8 Å². The quantitative estimate of drug-likeness (QED) is 0.554. The average Bonchev–Trinajstić information content (AvgIpc) is 2.95. The van der Waals surface area contributed by atoms with Crippen LogP contribution in [0.2, 0.25) is 0 Å². The van der Waals surface area contributed by atoms with Crippen molar-refractivity contribution in [1.29, 1.82) is 0 Å². The van der Waals surface area contributed by atoms with E-state index in [0.29, 0.717) is 18.4 Å². The number of carboxylic acids is 1. The van der Waals surface area contributed by atoms with Gasteiger partial charge in [-0.25, -0.2) is 0 Å². The van der Waals surface area contributed by atoms with E-state index in [1.807, 2.05) is 6.08 Å². The molecule has 1 aliphatic carbocycles. The maximum Gasteiger partial charge on any atom is 0.416 e. The first-order valence-electron chi connectivity index (χ1n) is 9.37. The maximum atomic E-state index is 12.8. The molecule has 1 aromatic rings. The lowest BCUT2D eigenvalue weighted by Gasteiger charge is -2.15. The second kappa shape index (κ2) is 9.72. The summed E-state index contributed by atoms with van der Waals surface area (Å²) in [5.41, 5.74) is -0.193. The average molecular weight is 382 g/mol. The Labute approximate surface area is 157 Å². The lowest BCUT2D eigenvalue weighted by atomic mass is 9.89. The van der Waals surface area contributed by atoms with E-state index in [2.05, 4.69) is 0 Å². The van der Waals surface area contributed by atoms with Crippen LogP contribution in [0, 0.1) is 11.8 Å². The molecule has 2 atom stereocenters. The van der Waals surface area contributed by atoms with Gasteiger partial charge in [0.25, 0.3) is 0 Å². The van der Waals surface area contributed by atoms with Crippen LogP contribution in [0.15, 0.2) is 30.3 Å². The molecule has 0 spiro atoms. The molecule has 0 aliphatic heterocycles. The number of benzene rings is 1. The van der Waals surface area contributed by atoms with Gasteiger partial charge in [-0.3, -0.25) is 9.59 Å². The topological polar surface area (TPSA) is 54.4 Å². The molecule has 0 heterocycles. The van der Waals surface area contributed by atoms with Crippen molar-refractivity contribution in [2.24, 2.45) is 11.8 Å². The number of carbonyl (C=O) groups is 2. The van der Waals surface area contributed by atoms with E-state index in [0.717, 1.165) is 44.2 Å². The van der Waals surface area contributed by atoms with Gasteiger partial charge in [0.15, 0.2) is 0 Å². The Kier molecular flexibility index (Phi) is 7.63. The highest BCUT2D eigenvalue weighted by Gasteiger charge is 2.32. The first-order valence-corrected chi connectivity index (χ1v) is 9.37. The zero-order valence-electron chi connectivity index (χ0n) is 15.2. The fourth-order valence-corrected chi connectivity index (χ4v) is 3.59. The van der Waals surface area contributed by atoms with Crippen LogP contribution >= 0.6 is 0 Å². The SMILES string of the molecule is O=C(O)CCCCCC[C@@H]1C(=O)CC[C@H]1C=Cc1cccc(C(F)(F)F)c1. The number of allylic oxidation sites excluding steroid dienone is 1. The molecule has 0 unspecified atom stereocenters. The van der Waals surface area contributed by atoms with E-state index < -0.39 is 17.7 Å². The fourth-order valence-electron chi connectivity index (χ4n) is 3.59. The van der Waals surface area contributed by atoms with Gasteiger partial charge in [-0.15, -0.1) is 0 Å². The third-order valence-electron chi connectivity index (χ3n) is 5.06. The highest BCUT2D eigenvalue weighted by molar-refractivity contribution is 5.84. The molecule has 6 heteroatoms. The van der Waals surface area contributed by atoms with Crippen molar-refractivity contribution in [1.82, 2.24) is 0 Å². The minimum Gasteiger partial charge on any atom is -0.481 e. The predicted octanol–water partition coefficient (Wildman–Crippen LogP) is 5.74. The normalized spacial score (nSPS) is 20.5. The molecule has 0 saturated heterocycles. The van der Waals surface area contributed by atoms with E-state index in [1.165, 1.54) is 6.07 Å². The number of unbranched alkanes of at least 4 members (excludes halogenated alkanes) is 3. The zero-order valence-corrected chi connectivity index (χ0v) is 15.2. The van der Waals surface area contributed by atoms with Crippen molar-refractivity contribution >= 4 is 17.8 Å². The Hall–Kier alpha value is -2.11. The first kappa shape index (κ1) is 21.2. The number of halogens is 3. The highest BCUT2D eigenvalue weighted by Crippen LogP contribution is 2.35. The van der Waals surface area contributed by atoms with Crippen LogP contribution in [0.5, 0.6) is 0 Å². The summed E-state index contributed by atoms with van der Waals surface area (Å²) in [6.45, 7) is 0. The van der Waals surface area contributed by atoms with Crippen LogP contribution < -0.4 is 0 Å². The van der Waals surface area contributed by atoms with Gasteiger partial charge in [0, 0.05) is 18.8 Å². The number of ketones is 1. The Morgan fingerprint density at radius 1 is 1.19 bits per heavy atom. The van der Waals surface area contributed by atoms with Crippen LogP contribution in [0.4, 0.5) is 13.2 Å². The van der Waals surface area contributed by atoms with Gasteiger partial charge in [-0.2, -0.15) is 13.2 Å². The van der Waals surface area contributed by atoms with Gasteiger partial charge in [0.1, 0.15) is 5.78 Å². The molecule has 1 fully saturated rings. The number of aliphatic carboxylic acids is 1. The summed E-state index contributed by atoms with van der Waals surface area (Å²) in [6.07, 6.45) is 4.59. The first-order chi connectivity index (χ1) is 12.8. The second-order valence-electron chi connectivity index (χ2n) is 7.10. The third-order valence-corrected chi connectivity index (χ3v) is 5.06. The maximum absolute atomic E-state index is 12.8. The molecule has 2 rings (SSSR count). The van der Waals surface area contributed by atoms with Crippen molar-refractivity contribution in [3.05, 3.63) is 41.5 Å². The summed E-state index contributed by atoms with van der Waals surface area (Å²) in [7, 11) is 0. The standard InChI is InChI=1S/C21H25F3O3/c22-21(23,24)17-7-5-6-15(14-17)10-11-16-12-13-19(25)18(16)8-3-1-2-4-9-20(26)27/h5-7,10-11,14,16,18H,1-4,8-9,12-13H2,(H,26,27)/t16-,18+/m1/s1. The number of carbonyl (C=O) groups excluding carboxylic acids is 1. The molecule has 1 N–H and O–H groups in total. The number of rotatable bonds is 9. The van der Waals surface area contributed by atoms with Crippen molar-refractivity contribution in [3.63, 3.8) is 0 Å². The summed E-state index contributed by atoms with van der Waals surface area (Å²) in [5, 5.41) is 8.61. The summed E-state index contributed by atoms with van der Waals surface area (Å²) in [5.74, 6) is -0.586. The summed E-state index contributed by atoms with van der Waals surface area (Å²) >= 11 is 0. The van der Waals surface area contributed by atoms with Crippen molar-refractivity contribution in [3.8, 4) is 0 Å². The van der Waals surface area contributed by atoms with E-state index >= 15 is 0 Å². The molecular formula is C21H25F3O3. The van der Waals surface area contributed by atoms with Crippen molar-refractivity contribution in [2.75, 3.05) is 0 Å². The minimum absolute atomic E-state index is 0.0612. The number of alkyl halides is 3. The Morgan fingerprint density at radius 3 is 2.63 bits per heavy atom. The molecule has 0 amide bonds. The highest BCUT2D eigenvalue weighted by atomic mass is 19.4. The van der Waals surface area contributed by atoms with E-state index in [-0.39, 0.29) is 24.0 Å². The van der Waals surface area contributed by atoms with Crippen LogP contribution in [-0.2, 0) is 15.8 Å². The monoisotopic (exact) mass is 382 g/mol. The smallest absolute Gasteiger partial charge is 0.416 e. The van der Waals surface area contributed by atoms with E-state index in [1.54, 1.807) is 12.1 Å². The largest absolute Gasteiger partial charge is 0.481 e. The zero-order chi connectivity index (χ0) is 19.9. The summed E-state index contributed by atoms with van der Waals surface area (Å²) in [6, 6.07) is 5.17. The van der Waals surface area contributed by atoms with Gasteiger partial charge < -0.3 is 5.11 Å². The molecule has 1 aromatic carbocycles. The van der Waals surface area contributed by atoms with Crippen molar-refractivity contribution in [2.45, 2.75) is 57.5 Å². The Bertz CT molecular complexity index is 679. The fraction of sp³-hybridized carbons (Fsp3) is 0.524. The molecule has 1 aliphatic rings. The number of carboxylic acid groups (broad SMARTS) is 1. The molecule has 27 heavy (non-hydrogen) atoms. The predicted molar refractivity (Wildman–Crippen MR) is 97.0 cm³/mol. The molecule has 3 nitrogen and oxygen atoms in total. The van der Waals surface area contributed by atoms with Crippen LogP contribution in [0.3, 0.4) is 0 Å². The number of Topliss-reactive ketones (excluding diaryl/α,β-unsaturated/α-hetero) is 1. The lowest BCUT2D eigenvalue weighted by Crippen LogP contribution is -2.13. The lowest BCUT2D eigenvalue weighted by molar-refractivity contribution is -0.138. The molecule has 148 valence electrons. The van der Waals surface area contributed by atoms with Gasteiger partial charge in [0.05, 0.1) is 5.56 Å². The van der Waals surface area contributed by atoms with Gasteiger partial charge in [-0.1, -0.05) is 43.5 Å². The van der Waals surface area contributed by atoms with Crippen LogP contribution in [0.1, 0.15) is 62.5 Å². The Balaban J connectivity index is 1.88. The molecular weight excluding hydrogens is 357 g/mol. The number of hydrogen-bond acceptors (Lipinski definition) is 2. The molecule has 0 radical (unpaired) electrons. The second-order valence-corrected chi connectivity index (χ2v) is 7.10. The van der Waals surface area contributed by atoms with Crippen LogP contribution in [0.25, 0.3) is 6.08 Å². The van der Waals surface area contributed by atoms with Gasteiger partial charge in [0.2, 0.25) is 0 Å². The van der Waals surface area contributed by atoms with Crippen LogP contribution in [-0.4, -0.2) is 16.9 Å². The Morgan fingerprint density at radius 2 is 1.93 bits per heavy atom. The number of hydrogen-bond donors (Lipinski definition) is 1. The third kappa shape index (κ3) is 6.85. The van der Waals surface area contributed by atoms with Gasteiger partial charge in [-0.05, 0) is 42.9 Å². The van der Waals surface area contributed by atoms with Crippen molar-refractivity contribution < 1.29 is 27.9 Å². The minimum atomic E-state index is -4.36. The molecule has 1 saturated carbocycles. The van der Waals surface area contributed by atoms with E-state index in [4.69, 9.17) is 5.11 Å². The molecule has 0 aromatic heterocycles.